The van der Waals surface area contributed by atoms with Crippen molar-refractivity contribution in [2.45, 2.75) is 24.2 Å². The maximum atomic E-state index is 12.0. The lowest BCUT2D eigenvalue weighted by atomic mass is 10.1. The summed E-state index contributed by atoms with van der Waals surface area (Å²) in [5, 5.41) is 3.80. The summed E-state index contributed by atoms with van der Waals surface area (Å²) in [6.07, 6.45) is 1.63. The van der Waals surface area contributed by atoms with E-state index in [0.29, 0.717) is 17.1 Å². The molecule has 1 aliphatic rings. The topological polar surface area (TPSA) is 46.2 Å². The average molecular weight is 330 g/mol. The van der Waals surface area contributed by atoms with Gasteiger partial charge in [-0.05, 0) is 30.5 Å². The normalized spacial score (nSPS) is 23.6. The number of carbonyl (C=O) groups is 1. The number of halogens is 1. The van der Waals surface area contributed by atoms with Crippen LogP contribution in [0.4, 0.5) is 0 Å². The molecule has 3 nitrogen and oxygen atoms in total. The van der Waals surface area contributed by atoms with Gasteiger partial charge in [-0.1, -0.05) is 28.1 Å². The molecule has 1 saturated heterocycles. The van der Waals surface area contributed by atoms with Gasteiger partial charge in [-0.2, -0.15) is 0 Å². The number of rotatable bonds is 3. The molecule has 0 bridgehead atoms. The molecule has 18 heavy (non-hydrogen) atoms. The predicted molar refractivity (Wildman–Crippen MR) is 77.4 cm³/mol. The second-order valence-electron chi connectivity index (χ2n) is 4.43. The SMILES string of the molecule is O=C(NC1CCS(=O)CC1)c1ccc(CBr)cc1. The van der Waals surface area contributed by atoms with Crippen LogP contribution in [0, 0.1) is 0 Å². The summed E-state index contributed by atoms with van der Waals surface area (Å²) >= 11 is 3.37. The Morgan fingerprint density at radius 1 is 1.28 bits per heavy atom. The van der Waals surface area contributed by atoms with Crippen LogP contribution in [0.5, 0.6) is 0 Å². The summed E-state index contributed by atoms with van der Waals surface area (Å²) in [4.78, 5) is 12.0. The Hall–Kier alpha value is -0.680. The molecule has 0 atom stereocenters. The lowest BCUT2D eigenvalue weighted by Gasteiger charge is -2.22. The van der Waals surface area contributed by atoms with E-state index in [0.717, 1.165) is 23.7 Å². The molecule has 1 amide bonds. The Kier molecular flexibility index (Phi) is 4.95. The van der Waals surface area contributed by atoms with E-state index in [1.54, 1.807) is 0 Å². The van der Waals surface area contributed by atoms with Crippen LogP contribution in [-0.4, -0.2) is 27.7 Å². The van der Waals surface area contributed by atoms with Crippen molar-refractivity contribution in [3.63, 3.8) is 0 Å². The van der Waals surface area contributed by atoms with Crippen molar-refractivity contribution in [2.75, 3.05) is 11.5 Å². The third-order valence-electron chi connectivity index (χ3n) is 3.09. The van der Waals surface area contributed by atoms with Gasteiger partial charge in [0.1, 0.15) is 0 Å². The Morgan fingerprint density at radius 2 is 1.89 bits per heavy atom. The van der Waals surface area contributed by atoms with Crippen LogP contribution < -0.4 is 5.32 Å². The molecule has 0 spiro atoms. The van der Waals surface area contributed by atoms with Gasteiger partial charge < -0.3 is 5.32 Å². The number of amides is 1. The quantitative estimate of drug-likeness (QED) is 0.864. The van der Waals surface area contributed by atoms with Crippen molar-refractivity contribution in [2.24, 2.45) is 0 Å². The van der Waals surface area contributed by atoms with Gasteiger partial charge in [0.05, 0.1) is 0 Å². The predicted octanol–water partition coefficient (Wildman–Crippen LogP) is 2.22. The fourth-order valence-electron chi connectivity index (χ4n) is 1.95. The molecule has 0 saturated carbocycles. The van der Waals surface area contributed by atoms with Crippen LogP contribution in [0.2, 0.25) is 0 Å². The summed E-state index contributed by atoms with van der Waals surface area (Å²) in [5.41, 5.74) is 1.84. The summed E-state index contributed by atoms with van der Waals surface area (Å²) in [5.74, 6) is 1.37. The minimum atomic E-state index is -0.681. The summed E-state index contributed by atoms with van der Waals surface area (Å²) in [7, 11) is -0.681. The van der Waals surface area contributed by atoms with Gasteiger partial charge in [-0.3, -0.25) is 9.00 Å². The van der Waals surface area contributed by atoms with Crippen LogP contribution in [0.1, 0.15) is 28.8 Å². The first kappa shape index (κ1) is 13.7. The minimum absolute atomic E-state index is 0.0335. The van der Waals surface area contributed by atoms with E-state index in [9.17, 15) is 9.00 Å². The Balaban J connectivity index is 1.92. The largest absolute Gasteiger partial charge is 0.349 e. The smallest absolute Gasteiger partial charge is 0.251 e. The van der Waals surface area contributed by atoms with Crippen LogP contribution in [0.15, 0.2) is 24.3 Å². The third-order valence-corrected chi connectivity index (χ3v) is 5.12. The molecule has 0 aliphatic carbocycles. The standard InChI is InChI=1S/C13H16BrNO2S/c14-9-10-1-3-11(4-2-10)13(16)15-12-5-7-18(17)8-6-12/h1-4,12H,5-9H2,(H,15,16). The van der Waals surface area contributed by atoms with Crippen LogP contribution in [0.3, 0.4) is 0 Å². The molecule has 0 radical (unpaired) electrons. The lowest BCUT2D eigenvalue weighted by Crippen LogP contribution is -2.39. The zero-order chi connectivity index (χ0) is 13.0. The molecule has 1 aromatic carbocycles. The van der Waals surface area contributed by atoms with Gasteiger partial charge in [0, 0.05) is 39.2 Å². The fraction of sp³-hybridized carbons (Fsp3) is 0.462. The van der Waals surface area contributed by atoms with Gasteiger partial charge in [-0.15, -0.1) is 0 Å². The molecular weight excluding hydrogens is 314 g/mol. The first-order chi connectivity index (χ1) is 8.69. The van der Waals surface area contributed by atoms with Crippen LogP contribution >= 0.6 is 15.9 Å². The molecule has 0 aromatic heterocycles. The van der Waals surface area contributed by atoms with E-state index in [1.807, 2.05) is 24.3 Å². The van der Waals surface area contributed by atoms with Gasteiger partial charge in [-0.25, -0.2) is 0 Å². The number of benzene rings is 1. The molecule has 98 valence electrons. The summed E-state index contributed by atoms with van der Waals surface area (Å²) in [6, 6.07) is 7.74. The van der Waals surface area contributed by atoms with E-state index < -0.39 is 10.8 Å². The van der Waals surface area contributed by atoms with Crippen molar-refractivity contribution in [3.8, 4) is 0 Å². The second kappa shape index (κ2) is 6.48. The zero-order valence-corrected chi connectivity index (χ0v) is 12.4. The van der Waals surface area contributed by atoms with Crippen molar-refractivity contribution < 1.29 is 9.00 Å². The van der Waals surface area contributed by atoms with E-state index in [4.69, 9.17) is 0 Å². The second-order valence-corrected chi connectivity index (χ2v) is 6.68. The average Bonchev–Trinajstić information content (AvgIpc) is 2.41. The molecular formula is C13H16BrNO2S. The highest BCUT2D eigenvalue weighted by molar-refractivity contribution is 9.08. The fourth-order valence-corrected chi connectivity index (χ4v) is 3.62. The Morgan fingerprint density at radius 3 is 2.44 bits per heavy atom. The third kappa shape index (κ3) is 3.65. The first-order valence-corrected chi connectivity index (χ1v) is 8.60. The van der Waals surface area contributed by atoms with E-state index in [1.165, 1.54) is 0 Å². The Bertz CT molecular complexity index is 437. The van der Waals surface area contributed by atoms with Crippen LogP contribution in [-0.2, 0) is 16.1 Å². The molecule has 1 heterocycles. The Labute approximate surface area is 118 Å². The number of hydrogen-bond donors (Lipinski definition) is 1. The lowest BCUT2D eigenvalue weighted by molar-refractivity contribution is 0.0934. The van der Waals surface area contributed by atoms with E-state index in [2.05, 4.69) is 21.2 Å². The molecule has 0 unspecified atom stereocenters. The van der Waals surface area contributed by atoms with Gasteiger partial charge in [0.2, 0.25) is 0 Å². The highest BCUT2D eigenvalue weighted by atomic mass is 79.9. The minimum Gasteiger partial charge on any atom is -0.349 e. The molecule has 1 aromatic rings. The summed E-state index contributed by atoms with van der Waals surface area (Å²) < 4.78 is 11.2. The monoisotopic (exact) mass is 329 g/mol. The number of carbonyl (C=O) groups excluding carboxylic acids is 1. The van der Waals surface area contributed by atoms with Crippen molar-refractivity contribution in [3.05, 3.63) is 35.4 Å². The first-order valence-electron chi connectivity index (χ1n) is 6.00. The van der Waals surface area contributed by atoms with Crippen molar-refractivity contribution in [1.29, 1.82) is 0 Å². The highest BCUT2D eigenvalue weighted by Gasteiger charge is 2.19. The maximum Gasteiger partial charge on any atom is 0.251 e. The van der Waals surface area contributed by atoms with Crippen molar-refractivity contribution >= 4 is 32.6 Å². The summed E-state index contributed by atoms with van der Waals surface area (Å²) in [6.45, 7) is 0. The maximum absolute atomic E-state index is 12.0. The van der Waals surface area contributed by atoms with E-state index in [-0.39, 0.29) is 11.9 Å². The molecule has 2 rings (SSSR count). The molecule has 1 aliphatic heterocycles. The van der Waals surface area contributed by atoms with Crippen LogP contribution in [0.25, 0.3) is 0 Å². The zero-order valence-electron chi connectivity index (χ0n) is 10.0. The van der Waals surface area contributed by atoms with Gasteiger partial charge in [0.15, 0.2) is 0 Å². The molecule has 1 fully saturated rings. The highest BCUT2D eigenvalue weighted by Crippen LogP contribution is 2.11. The number of nitrogens with one attached hydrogen (secondary N) is 1. The number of alkyl halides is 1. The van der Waals surface area contributed by atoms with Gasteiger partial charge in [0.25, 0.3) is 5.91 Å². The van der Waals surface area contributed by atoms with Gasteiger partial charge >= 0.3 is 0 Å². The van der Waals surface area contributed by atoms with Crippen molar-refractivity contribution in [1.82, 2.24) is 5.32 Å². The van der Waals surface area contributed by atoms with E-state index >= 15 is 0 Å². The number of hydrogen-bond acceptors (Lipinski definition) is 2. The molecule has 5 heteroatoms. The molecule has 1 N–H and O–H groups in total.